The van der Waals surface area contributed by atoms with Crippen LogP contribution in [0.1, 0.15) is 24.0 Å². The van der Waals surface area contributed by atoms with Gasteiger partial charge in [-0.05, 0) is 31.0 Å². The summed E-state index contributed by atoms with van der Waals surface area (Å²) < 4.78 is 63.9. The van der Waals surface area contributed by atoms with Gasteiger partial charge in [0.05, 0.1) is 22.1 Å². The number of hydrogen-bond acceptors (Lipinski definition) is 4. The Morgan fingerprint density at radius 1 is 1.39 bits per heavy atom. The molecule has 1 aromatic rings. The molecule has 0 amide bonds. The summed E-state index contributed by atoms with van der Waals surface area (Å²) in [4.78, 5) is 10.6. The Bertz CT molecular complexity index is 783. The first-order chi connectivity index (χ1) is 10.6. The molecular weight excluding hydrogens is 337 g/mol. The van der Waals surface area contributed by atoms with Crippen LogP contribution in [0, 0.1) is 11.3 Å². The van der Waals surface area contributed by atoms with Crippen molar-refractivity contribution >= 4 is 16.0 Å². The van der Waals surface area contributed by atoms with Gasteiger partial charge in [0.15, 0.2) is 0 Å². The summed E-state index contributed by atoms with van der Waals surface area (Å²) in [6.07, 6.45) is -4.33. The zero-order valence-corrected chi connectivity index (χ0v) is 12.4. The molecule has 0 spiro atoms. The number of aliphatic carboxylic acids is 1. The van der Waals surface area contributed by atoms with Crippen LogP contribution >= 0.6 is 0 Å². The van der Waals surface area contributed by atoms with Crippen LogP contribution < -0.4 is 0 Å². The van der Waals surface area contributed by atoms with Gasteiger partial charge in [-0.3, -0.25) is 4.79 Å². The standard InChI is InChI=1S/C13H11F3N2O4S/c14-13(15,16)10-4-3-9(6-8(10)7-17)23(21,22)18-5-1-2-11(18)12(19)20/h3-4,6,11H,1-2,5H2,(H,19,20). The van der Waals surface area contributed by atoms with E-state index < -0.39 is 44.2 Å². The third kappa shape index (κ3) is 3.16. The van der Waals surface area contributed by atoms with E-state index in [0.29, 0.717) is 18.6 Å². The predicted octanol–water partition coefficient (Wildman–Crippen LogP) is 1.81. The van der Waals surface area contributed by atoms with Crippen LogP contribution in [0.3, 0.4) is 0 Å². The van der Waals surface area contributed by atoms with Gasteiger partial charge in [0.25, 0.3) is 0 Å². The summed E-state index contributed by atoms with van der Waals surface area (Å²) in [5.74, 6) is -1.32. The lowest BCUT2D eigenvalue weighted by Gasteiger charge is -2.21. The third-order valence-corrected chi connectivity index (χ3v) is 5.42. The molecule has 10 heteroatoms. The molecule has 23 heavy (non-hydrogen) atoms. The monoisotopic (exact) mass is 348 g/mol. The van der Waals surface area contributed by atoms with Crippen molar-refractivity contribution in [2.24, 2.45) is 0 Å². The minimum Gasteiger partial charge on any atom is -0.480 e. The molecule has 1 saturated heterocycles. The smallest absolute Gasteiger partial charge is 0.417 e. The molecule has 0 radical (unpaired) electrons. The summed E-state index contributed by atoms with van der Waals surface area (Å²) in [7, 11) is -4.29. The van der Waals surface area contributed by atoms with E-state index in [1.54, 1.807) is 0 Å². The molecule has 1 N–H and O–H groups in total. The van der Waals surface area contributed by atoms with Crippen molar-refractivity contribution < 1.29 is 31.5 Å². The minimum absolute atomic E-state index is 0.0395. The van der Waals surface area contributed by atoms with Gasteiger partial charge in [-0.1, -0.05) is 0 Å². The molecule has 0 saturated carbocycles. The highest BCUT2D eigenvalue weighted by atomic mass is 32.2. The Hall–Kier alpha value is -2.12. The Balaban J connectivity index is 2.50. The van der Waals surface area contributed by atoms with Crippen LogP contribution in [0.2, 0.25) is 0 Å². The number of nitriles is 1. The molecule has 1 aliphatic rings. The van der Waals surface area contributed by atoms with Crippen molar-refractivity contribution in [1.82, 2.24) is 4.31 Å². The second kappa shape index (κ2) is 5.82. The number of rotatable bonds is 3. The minimum atomic E-state index is -4.79. The highest BCUT2D eigenvalue weighted by molar-refractivity contribution is 7.89. The molecule has 1 fully saturated rings. The number of halogens is 3. The normalized spacial score (nSPS) is 19.5. The molecule has 124 valence electrons. The van der Waals surface area contributed by atoms with E-state index in [0.717, 1.165) is 10.4 Å². The summed E-state index contributed by atoms with van der Waals surface area (Å²) in [5, 5.41) is 17.9. The predicted molar refractivity (Wildman–Crippen MR) is 70.7 cm³/mol. The molecule has 1 heterocycles. The summed E-state index contributed by atoms with van der Waals surface area (Å²) in [6.45, 7) is -0.0395. The Kier molecular flexibility index (Phi) is 4.37. The van der Waals surface area contributed by atoms with Crippen LogP contribution in [0.5, 0.6) is 0 Å². The van der Waals surface area contributed by atoms with Crippen molar-refractivity contribution in [2.75, 3.05) is 6.54 Å². The molecule has 2 rings (SSSR count). The Morgan fingerprint density at radius 2 is 2.04 bits per heavy atom. The molecule has 1 atom stereocenters. The summed E-state index contributed by atoms with van der Waals surface area (Å²) >= 11 is 0. The molecule has 6 nitrogen and oxygen atoms in total. The maximum atomic E-state index is 12.7. The van der Waals surface area contributed by atoms with E-state index in [4.69, 9.17) is 10.4 Å². The van der Waals surface area contributed by atoms with E-state index in [9.17, 15) is 26.4 Å². The van der Waals surface area contributed by atoms with Gasteiger partial charge in [-0.15, -0.1) is 0 Å². The van der Waals surface area contributed by atoms with Gasteiger partial charge in [-0.2, -0.15) is 22.7 Å². The van der Waals surface area contributed by atoms with Gasteiger partial charge in [0.2, 0.25) is 10.0 Å². The summed E-state index contributed by atoms with van der Waals surface area (Å²) in [6, 6.07) is 1.93. The fourth-order valence-corrected chi connectivity index (χ4v) is 4.11. The second-order valence-electron chi connectivity index (χ2n) is 4.93. The lowest BCUT2D eigenvalue weighted by atomic mass is 10.1. The van der Waals surface area contributed by atoms with Crippen LogP contribution in [-0.4, -0.2) is 36.4 Å². The maximum Gasteiger partial charge on any atom is 0.417 e. The lowest BCUT2D eigenvalue weighted by molar-refractivity contribution is -0.140. The molecule has 1 unspecified atom stereocenters. The lowest BCUT2D eigenvalue weighted by Crippen LogP contribution is -2.40. The first-order valence-electron chi connectivity index (χ1n) is 6.45. The van der Waals surface area contributed by atoms with E-state index in [-0.39, 0.29) is 13.0 Å². The van der Waals surface area contributed by atoms with Gasteiger partial charge >= 0.3 is 12.1 Å². The number of carboxylic acid groups (broad SMARTS) is 1. The highest BCUT2D eigenvalue weighted by Crippen LogP contribution is 2.34. The zero-order chi connectivity index (χ0) is 17.4. The summed E-state index contributed by atoms with van der Waals surface area (Å²) in [5.41, 5.74) is -2.07. The van der Waals surface area contributed by atoms with E-state index in [1.807, 2.05) is 0 Å². The first kappa shape index (κ1) is 17.2. The maximum absolute atomic E-state index is 12.7. The Labute approximate surface area is 129 Å². The van der Waals surface area contributed by atoms with Crippen molar-refractivity contribution in [3.63, 3.8) is 0 Å². The third-order valence-electron chi connectivity index (χ3n) is 3.51. The molecular formula is C13H11F3N2O4S. The van der Waals surface area contributed by atoms with Crippen molar-refractivity contribution in [3.8, 4) is 6.07 Å². The quantitative estimate of drug-likeness (QED) is 0.898. The number of carboxylic acids is 1. The molecule has 1 aliphatic heterocycles. The molecule has 0 aromatic heterocycles. The number of hydrogen-bond donors (Lipinski definition) is 1. The van der Waals surface area contributed by atoms with E-state index >= 15 is 0 Å². The van der Waals surface area contributed by atoms with Gasteiger partial charge in [0, 0.05) is 6.54 Å². The van der Waals surface area contributed by atoms with Crippen molar-refractivity contribution in [1.29, 1.82) is 5.26 Å². The van der Waals surface area contributed by atoms with Crippen LogP contribution in [0.4, 0.5) is 13.2 Å². The number of alkyl halides is 3. The second-order valence-corrected chi connectivity index (χ2v) is 6.82. The number of benzene rings is 1. The topological polar surface area (TPSA) is 98.5 Å². The van der Waals surface area contributed by atoms with Crippen LogP contribution in [0.25, 0.3) is 0 Å². The number of carbonyl (C=O) groups is 1. The van der Waals surface area contributed by atoms with Crippen LogP contribution in [-0.2, 0) is 21.0 Å². The average Bonchev–Trinajstić information content (AvgIpc) is 2.96. The van der Waals surface area contributed by atoms with Gasteiger partial charge in [0.1, 0.15) is 6.04 Å². The fraction of sp³-hybridized carbons (Fsp3) is 0.385. The first-order valence-corrected chi connectivity index (χ1v) is 7.89. The average molecular weight is 348 g/mol. The molecule has 1 aromatic carbocycles. The number of sulfonamides is 1. The van der Waals surface area contributed by atoms with Gasteiger partial charge in [-0.25, -0.2) is 8.42 Å². The van der Waals surface area contributed by atoms with Crippen molar-refractivity contribution in [2.45, 2.75) is 30.0 Å². The highest BCUT2D eigenvalue weighted by Gasteiger charge is 2.40. The fourth-order valence-electron chi connectivity index (χ4n) is 2.43. The van der Waals surface area contributed by atoms with Crippen molar-refractivity contribution in [3.05, 3.63) is 29.3 Å². The number of nitrogens with zero attached hydrogens (tertiary/aromatic N) is 2. The zero-order valence-electron chi connectivity index (χ0n) is 11.5. The largest absolute Gasteiger partial charge is 0.480 e. The van der Waals surface area contributed by atoms with E-state index in [2.05, 4.69) is 0 Å². The molecule has 0 aliphatic carbocycles. The molecule has 0 bridgehead atoms. The SMILES string of the molecule is N#Cc1cc(S(=O)(=O)N2CCCC2C(=O)O)ccc1C(F)(F)F. The Morgan fingerprint density at radius 3 is 2.57 bits per heavy atom. The van der Waals surface area contributed by atoms with Crippen LogP contribution in [0.15, 0.2) is 23.1 Å². The van der Waals surface area contributed by atoms with E-state index in [1.165, 1.54) is 6.07 Å². The van der Waals surface area contributed by atoms with Gasteiger partial charge < -0.3 is 5.11 Å².